The van der Waals surface area contributed by atoms with Gasteiger partial charge in [-0.2, -0.15) is 0 Å². The van der Waals surface area contributed by atoms with Gasteiger partial charge in [-0.15, -0.1) is 0 Å². The highest BCUT2D eigenvalue weighted by molar-refractivity contribution is 8.29. The molecular formula is C14H12Cl2O4S2. The maximum Gasteiger partial charge on any atom is 0.258 e. The molecule has 2 aromatic carbocycles. The summed E-state index contributed by atoms with van der Waals surface area (Å²) >= 11 is 0. The first-order valence-electron chi connectivity index (χ1n) is 6.16. The molecule has 0 unspecified atom stereocenters. The summed E-state index contributed by atoms with van der Waals surface area (Å²) in [6.45, 7) is 0. The monoisotopic (exact) mass is 378 g/mol. The van der Waals surface area contributed by atoms with Crippen LogP contribution < -0.4 is 0 Å². The number of rotatable bonds is 5. The predicted molar refractivity (Wildman–Crippen MR) is 87.8 cm³/mol. The molecule has 0 fully saturated rings. The highest BCUT2D eigenvalue weighted by atomic mass is 35.7. The van der Waals surface area contributed by atoms with Crippen LogP contribution in [0.15, 0.2) is 60.7 Å². The first kappa shape index (κ1) is 17.3. The van der Waals surface area contributed by atoms with Gasteiger partial charge in [-0.25, -0.2) is 16.8 Å². The Bertz CT molecular complexity index is 816. The molecule has 0 N–H and O–H groups in total. The van der Waals surface area contributed by atoms with Crippen molar-refractivity contribution in [2.45, 2.75) is 10.5 Å². The third-order valence-electron chi connectivity index (χ3n) is 3.28. The van der Waals surface area contributed by atoms with Crippen molar-refractivity contribution in [3.05, 3.63) is 71.8 Å². The molecule has 0 saturated heterocycles. The Morgan fingerprint density at radius 2 is 1.14 bits per heavy atom. The summed E-state index contributed by atoms with van der Waals surface area (Å²) in [5.74, 6) is 0. The molecule has 0 amide bonds. The second-order valence-corrected chi connectivity index (χ2v) is 10.5. The van der Waals surface area contributed by atoms with Crippen LogP contribution in [0.2, 0.25) is 0 Å². The van der Waals surface area contributed by atoms with Gasteiger partial charge < -0.3 is 0 Å². The molecule has 0 spiro atoms. The molecule has 0 aromatic heterocycles. The lowest BCUT2D eigenvalue weighted by Gasteiger charge is -2.28. The molecule has 0 heterocycles. The van der Waals surface area contributed by atoms with Gasteiger partial charge in [0.05, 0.1) is 0 Å². The van der Waals surface area contributed by atoms with E-state index in [1.807, 2.05) is 0 Å². The van der Waals surface area contributed by atoms with Gasteiger partial charge in [0.1, 0.15) is 0 Å². The zero-order valence-electron chi connectivity index (χ0n) is 11.2. The van der Waals surface area contributed by atoms with Crippen molar-refractivity contribution in [2.24, 2.45) is 0 Å². The van der Waals surface area contributed by atoms with Crippen LogP contribution >= 0.6 is 21.4 Å². The Morgan fingerprint density at radius 3 is 1.55 bits per heavy atom. The molecule has 0 bridgehead atoms. The lowest BCUT2D eigenvalue weighted by Crippen LogP contribution is -2.40. The van der Waals surface area contributed by atoms with Crippen molar-refractivity contribution < 1.29 is 16.8 Å². The molecule has 0 aliphatic heterocycles. The molecule has 0 atom stereocenters. The normalized spacial score (nSPS) is 13.0. The average Bonchev–Trinajstić information content (AvgIpc) is 2.44. The SMILES string of the molecule is O=S(=O)(Cl)C(Cc1ccccc1)(c1ccccc1)S(=O)(=O)Cl. The summed E-state index contributed by atoms with van der Waals surface area (Å²) in [5, 5.41) is 0. The zero-order chi connectivity index (χ0) is 16.4. The summed E-state index contributed by atoms with van der Waals surface area (Å²) in [7, 11) is 1.90. The highest BCUT2D eigenvalue weighted by Gasteiger charge is 2.55. The Kier molecular flexibility index (Phi) is 4.87. The van der Waals surface area contributed by atoms with Crippen molar-refractivity contribution in [3.63, 3.8) is 0 Å². The van der Waals surface area contributed by atoms with Crippen molar-refractivity contribution in [3.8, 4) is 0 Å². The van der Waals surface area contributed by atoms with Crippen LogP contribution in [0, 0.1) is 0 Å². The Morgan fingerprint density at radius 1 is 0.727 bits per heavy atom. The van der Waals surface area contributed by atoms with Crippen LogP contribution in [0.1, 0.15) is 11.1 Å². The molecular weight excluding hydrogens is 367 g/mol. The van der Waals surface area contributed by atoms with Crippen LogP contribution in [0.3, 0.4) is 0 Å². The first-order valence-corrected chi connectivity index (χ1v) is 10.8. The molecule has 0 saturated carbocycles. The minimum Gasteiger partial charge on any atom is -0.210 e. The predicted octanol–water partition coefficient (Wildman–Crippen LogP) is 3.22. The largest absolute Gasteiger partial charge is 0.258 e. The van der Waals surface area contributed by atoms with Crippen LogP contribution in [-0.2, 0) is 28.6 Å². The number of halogens is 2. The average molecular weight is 379 g/mol. The highest BCUT2D eigenvalue weighted by Crippen LogP contribution is 2.43. The standard InChI is InChI=1S/C14H12Cl2O4S2/c15-21(17,18)14(22(16,19)20,13-9-5-2-6-10-13)11-12-7-3-1-4-8-12/h1-10H,11H2. The zero-order valence-corrected chi connectivity index (χ0v) is 14.3. The van der Waals surface area contributed by atoms with Gasteiger partial charge >= 0.3 is 0 Å². The second-order valence-electron chi connectivity index (χ2n) is 4.66. The molecule has 8 heteroatoms. The van der Waals surface area contributed by atoms with E-state index in [9.17, 15) is 16.8 Å². The van der Waals surface area contributed by atoms with E-state index in [1.165, 1.54) is 24.3 Å². The van der Waals surface area contributed by atoms with Crippen LogP contribution in [-0.4, -0.2) is 16.8 Å². The van der Waals surface area contributed by atoms with E-state index in [0.717, 1.165) is 0 Å². The van der Waals surface area contributed by atoms with Gasteiger partial charge in [-0.05, 0) is 11.1 Å². The van der Waals surface area contributed by atoms with Gasteiger partial charge in [0.25, 0.3) is 18.1 Å². The molecule has 2 rings (SSSR count). The fourth-order valence-corrected chi connectivity index (χ4v) is 7.34. The number of hydrogen-bond donors (Lipinski definition) is 0. The molecule has 118 valence electrons. The fraction of sp³-hybridized carbons (Fsp3) is 0.143. The summed E-state index contributed by atoms with van der Waals surface area (Å²) in [6.07, 6.45) is -0.379. The van der Waals surface area contributed by atoms with Gasteiger partial charge in [-0.1, -0.05) is 60.7 Å². The minimum atomic E-state index is -4.58. The van der Waals surface area contributed by atoms with Crippen molar-refractivity contribution >= 4 is 39.5 Å². The molecule has 0 radical (unpaired) electrons. The lowest BCUT2D eigenvalue weighted by atomic mass is 10.0. The van der Waals surface area contributed by atoms with E-state index < -0.39 is 22.2 Å². The maximum atomic E-state index is 12.2. The summed E-state index contributed by atoms with van der Waals surface area (Å²) in [5.41, 5.74) is 0.489. The van der Waals surface area contributed by atoms with Gasteiger partial charge in [-0.3, -0.25) is 0 Å². The molecule has 4 nitrogen and oxygen atoms in total. The van der Waals surface area contributed by atoms with E-state index in [4.69, 9.17) is 21.4 Å². The lowest BCUT2D eigenvalue weighted by molar-refractivity contribution is 0.558. The maximum absolute atomic E-state index is 12.2. The number of benzene rings is 2. The quantitative estimate of drug-likeness (QED) is 0.748. The van der Waals surface area contributed by atoms with E-state index in [2.05, 4.69) is 0 Å². The van der Waals surface area contributed by atoms with Crippen LogP contribution in [0.5, 0.6) is 0 Å². The smallest absolute Gasteiger partial charge is 0.210 e. The van der Waals surface area contributed by atoms with Crippen molar-refractivity contribution in [1.29, 1.82) is 0 Å². The Balaban J connectivity index is 2.79. The summed E-state index contributed by atoms with van der Waals surface area (Å²) in [4.78, 5) is 0. The van der Waals surface area contributed by atoms with E-state index in [0.29, 0.717) is 5.56 Å². The summed E-state index contributed by atoms with van der Waals surface area (Å²) < 4.78 is 46.4. The van der Waals surface area contributed by atoms with Gasteiger partial charge in [0, 0.05) is 27.8 Å². The minimum absolute atomic E-state index is 0.00357. The number of hydrogen-bond acceptors (Lipinski definition) is 4. The topological polar surface area (TPSA) is 68.3 Å². The van der Waals surface area contributed by atoms with Gasteiger partial charge in [0.15, 0.2) is 0 Å². The third kappa shape index (κ3) is 3.15. The summed E-state index contributed by atoms with van der Waals surface area (Å²) in [6, 6.07) is 15.8. The molecule has 0 aliphatic carbocycles. The van der Waals surface area contributed by atoms with E-state index in [1.54, 1.807) is 36.4 Å². The van der Waals surface area contributed by atoms with Crippen molar-refractivity contribution in [2.75, 3.05) is 0 Å². The van der Waals surface area contributed by atoms with Crippen LogP contribution in [0.25, 0.3) is 0 Å². The Hall–Kier alpha value is -1.08. The van der Waals surface area contributed by atoms with E-state index in [-0.39, 0.29) is 12.0 Å². The molecule has 2 aromatic rings. The van der Waals surface area contributed by atoms with Gasteiger partial charge in [0.2, 0.25) is 4.08 Å². The fourth-order valence-electron chi connectivity index (χ4n) is 2.23. The molecule has 0 aliphatic rings. The van der Waals surface area contributed by atoms with Crippen LogP contribution in [0.4, 0.5) is 0 Å². The second kappa shape index (κ2) is 6.20. The van der Waals surface area contributed by atoms with E-state index >= 15 is 0 Å². The van der Waals surface area contributed by atoms with Crippen molar-refractivity contribution in [1.82, 2.24) is 0 Å². The molecule has 22 heavy (non-hydrogen) atoms. The third-order valence-corrected chi connectivity index (χ3v) is 9.06. The Labute approximate surface area is 138 Å². The first-order chi connectivity index (χ1) is 10.2.